The lowest BCUT2D eigenvalue weighted by atomic mass is 9.93. The number of rotatable bonds is 8. The van der Waals surface area contributed by atoms with Gasteiger partial charge in [0, 0.05) is 12.6 Å². The molecule has 1 rings (SSSR count). The number of nitrogens with one attached hydrogen (secondary N) is 1. The van der Waals surface area contributed by atoms with Gasteiger partial charge in [0.25, 0.3) is 0 Å². The van der Waals surface area contributed by atoms with Crippen molar-refractivity contribution >= 4 is 5.97 Å². The molecule has 0 spiro atoms. The van der Waals surface area contributed by atoms with Crippen molar-refractivity contribution in [2.45, 2.75) is 51.6 Å². The van der Waals surface area contributed by atoms with Crippen LogP contribution in [-0.4, -0.2) is 49.7 Å². The minimum Gasteiger partial charge on any atom is -0.468 e. The second-order valence-corrected chi connectivity index (χ2v) is 5.66. The molecule has 1 saturated carbocycles. The highest BCUT2D eigenvalue weighted by molar-refractivity contribution is 5.80. The lowest BCUT2D eigenvalue weighted by Crippen LogP contribution is -2.52. The molecule has 0 saturated heterocycles. The van der Waals surface area contributed by atoms with Crippen LogP contribution in [0.4, 0.5) is 0 Å². The standard InChI is InChI=1S/C14H28N2O2/c1-6-16(10-12-7-8-12)11(2)9-14(3,15-4)13(17)18-5/h11-12,15H,6-10H2,1-5H3. The van der Waals surface area contributed by atoms with Crippen LogP contribution in [0.5, 0.6) is 0 Å². The summed E-state index contributed by atoms with van der Waals surface area (Å²) in [7, 11) is 3.27. The second-order valence-electron chi connectivity index (χ2n) is 5.66. The SMILES string of the molecule is CCN(CC1CC1)C(C)CC(C)(NC)C(=O)OC. The summed E-state index contributed by atoms with van der Waals surface area (Å²) in [6.07, 6.45) is 3.50. The summed E-state index contributed by atoms with van der Waals surface area (Å²) in [5.41, 5.74) is -0.592. The van der Waals surface area contributed by atoms with Gasteiger partial charge in [-0.2, -0.15) is 0 Å². The maximum absolute atomic E-state index is 11.8. The number of esters is 1. The summed E-state index contributed by atoms with van der Waals surface area (Å²) in [6, 6.07) is 0.382. The van der Waals surface area contributed by atoms with Gasteiger partial charge in [0.15, 0.2) is 0 Å². The van der Waals surface area contributed by atoms with Crippen molar-refractivity contribution in [2.75, 3.05) is 27.2 Å². The Kier molecular flexibility index (Phi) is 5.60. The van der Waals surface area contributed by atoms with E-state index >= 15 is 0 Å². The molecule has 1 aliphatic rings. The van der Waals surface area contributed by atoms with Crippen LogP contribution in [0, 0.1) is 5.92 Å². The van der Waals surface area contributed by atoms with Gasteiger partial charge in [-0.25, -0.2) is 0 Å². The van der Waals surface area contributed by atoms with Crippen LogP contribution in [0.25, 0.3) is 0 Å². The van der Waals surface area contributed by atoms with Gasteiger partial charge >= 0.3 is 5.97 Å². The Hall–Kier alpha value is -0.610. The quantitative estimate of drug-likeness (QED) is 0.671. The molecule has 0 aromatic heterocycles. The number of hydrogen-bond acceptors (Lipinski definition) is 4. The monoisotopic (exact) mass is 256 g/mol. The number of nitrogens with zero attached hydrogens (tertiary/aromatic N) is 1. The van der Waals surface area contributed by atoms with Crippen LogP contribution in [0.15, 0.2) is 0 Å². The van der Waals surface area contributed by atoms with E-state index < -0.39 is 5.54 Å². The summed E-state index contributed by atoms with van der Waals surface area (Å²) >= 11 is 0. The molecule has 1 aliphatic carbocycles. The fourth-order valence-corrected chi connectivity index (χ4v) is 2.49. The Morgan fingerprint density at radius 2 is 2.17 bits per heavy atom. The first-order chi connectivity index (χ1) is 8.46. The zero-order chi connectivity index (χ0) is 13.8. The minimum absolute atomic E-state index is 0.181. The molecule has 0 bridgehead atoms. The number of ether oxygens (including phenoxy) is 1. The van der Waals surface area contributed by atoms with E-state index in [0.717, 1.165) is 18.9 Å². The molecule has 0 aromatic carbocycles. The third kappa shape index (κ3) is 3.95. The third-order valence-corrected chi connectivity index (χ3v) is 4.11. The zero-order valence-electron chi connectivity index (χ0n) is 12.5. The number of carbonyl (C=O) groups is 1. The van der Waals surface area contributed by atoms with Crippen molar-refractivity contribution in [3.05, 3.63) is 0 Å². The third-order valence-electron chi connectivity index (χ3n) is 4.11. The minimum atomic E-state index is -0.592. The fourth-order valence-electron chi connectivity index (χ4n) is 2.49. The highest BCUT2D eigenvalue weighted by Gasteiger charge is 2.36. The van der Waals surface area contributed by atoms with Crippen LogP contribution in [0.1, 0.15) is 40.0 Å². The van der Waals surface area contributed by atoms with E-state index in [4.69, 9.17) is 4.74 Å². The summed E-state index contributed by atoms with van der Waals surface area (Å²) in [5.74, 6) is 0.700. The van der Waals surface area contributed by atoms with Crippen molar-refractivity contribution < 1.29 is 9.53 Å². The molecule has 0 aromatic rings. The average molecular weight is 256 g/mol. The predicted octanol–water partition coefficient (Wildman–Crippen LogP) is 1.65. The Morgan fingerprint density at radius 3 is 2.56 bits per heavy atom. The first kappa shape index (κ1) is 15.4. The molecule has 0 amide bonds. The van der Waals surface area contributed by atoms with E-state index in [1.165, 1.54) is 26.5 Å². The molecule has 2 atom stereocenters. The second kappa shape index (κ2) is 6.53. The van der Waals surface area contributed by atoms with Gasteiger partial charge in [0.05, 0.1) is 7.11 Å². The smallest absolute Gasteiger partial charge is 0.325 e. The maximum Gasteiger partial charge on any atom is 0.325 e. The highest BCUT2D eigenvalue weighted by Crippen LogP contribution is 2.31. The molecule has 4 nitrogen and oxygen atoms in total. The lowest BCUT2D eigenvalue weighted by molar-refractivity contribution is -0.148. The summed E-state index contributed by atoms with van der Waals surface area (Å²) < 4.78 is 4.89. The van der Waals surface area contributed by atoms with Gasteiger partial charge in [-0.05, 0) is 52.6 Å². The highest BCUT2D eigenvalue weighted by atomic mass is 16.5. The molecule has 18 heavy (non-hydrogen) atoms. The number of carbonyl (C=O) groups excluding carboxylic acids is 1. The average Bonchev–Trinajstić information content (AvgIpc) is 3.18. The van der Waals surface area contributed by atoms with Gasteiger partial charge in [0.2, 0.25) is 0 Å². The Morgan fingerprint density at radius 1 is 1.56 bits per heavy atom. The van der Waals surface area contributed by atoms with Crippen LogP contribution >= 0.6 is 0 Å². The molecule has 4 heteroatoms. The van der Waals surface area contributed by atoms with E-state index in [-0.39, 0.29) is 5.97 Å². The lowest BCUT2D eigenvalue weighted by Gasteiger charge is -2.35. The predicted molar refractivity (Wildman–Crippen MR) is 73.5 cm³/mol. The van der Waals surface area contributed by atoms with E-state index in [0.29, 0.717) is 6.04 Å². The van der Waals surface area contributed by atoms with Gasteiger partial charge < -0.3 is 15.0 Å². The van der Waals surface area contributed by atoms with E-state index in [1.807, 2.05) is 14.0 Å². The van der Waals surface area contributed by atoms with Gasteiger partial charge in [-0.1, -0.05) is 6.92 Å². The van der Waals surface area contributed by atoms with Gasteiger partial charge in [-0.3, -0.25) is 4.79 Å². The maximum atomic E-state index is 11.8. The van der Waals surface area contributed by atoms with Crippen molar-refractivity contribution in [3.8, 4) is 0 Å². The largest absolute Gasteiger partial charge is 0.468 e. The number of hydrogen-bond donors (Lipinski definition) is 1. The Balaban J connectivity index is 2.57. The number of likely N-dealkylation sites (N-methyl/N-ethyl adjacent to an activating group) is 1. The Labute approximate surface area is 111 Å². The van der Waals surface area contributed by atoms with Crippen LogP contribution in [-0.2, 0) is 9.53 Å². The molecular weight excluding hydrogens is 228 g/mol. The topological polar surface area (TPSA) is 41.6 Å². The molecule has 0 aliphatic heterocycles. The number of methoxy groups -OCH3 is 1. The molecule has 1 N–H and O–H groups in total. The van der Waals surface area contributed by atoms with E-state index in [2.05, 4.69) is 24.1 Å². The molecule has 0 radical (unpaired) electrons. The zero-order valence-corrected chi connectivity index (χ0v) is 12.5. The van der Waals surface area contributed by atoms with Crippen molar-refractivity contribution in [3.63, 3.8) is 0 Å². The molecule has 1 fully saturated rings. The first-order valence-corrected chi connectivity index (χ1v) is 6.98. The molecule has 0 heterocycles. The Bertz CT molecular complexity index is 279. The molecule has 106 valence electrons. The summed E-state index contributed by atoms with van der Waals surface area (Å²) in [5, 5.41) is 3.11. The van der Waals surface area contributed by atoms with Crippen LogP contribution in [0.2, 0.25) is 0 Å². The van der Waals surface area contributed by atoms with Gasteiger partial charge in [0.1, 0.15) is 5.54 Å². The van der Waals surface area contributed by atoms with E-state index in [1.54, 1.807) is 0 Å². The molecule has 2 unspecified atom stereocenters. The van der Waals surface area contributed by atoms with Crippen LogP contribution < -0.4 is 5.32 Å². The summed E-state index contributed by atoms with van der Waals surface area (Å²) in [6.45, 7) is 8.51. The fraction of sp³-hybridized carbons (Fsp3) is 0.929. The van der Waals surface area contributed by atoms with Gasteiger partial charge in [-0.15, -0.1) is 0 Å². The first-order valence-electron chi connectivity index (χ1n) is 6.98. The van der Waals surface area contributed by atoms with Crippen molar-refractivity contribution in [1.29, 1.82) is 0 Å². The molecular formula is C14H28N2O2. The van der Waals surface area contributed by atoms with Crippen molar-refractivity contribution in [2.24, 2.45) is 5.92 Å². The normalized spacial score (nSPS) is 20.6. The van der Waals surface area contributed by atoms with Crippen LogP contribution in [0.3, 0.4) is 0 Å². The summed E-state index contributed by atoms with van der Waals surface area (Å²) in [4.78, 5) is 14.3. The van der Waals surface area contributed by atoms with E-state index in [9.17, 15) is 4.79 Å². The van der Waals surface area contributed by atoms with Crippen molar-refractivity contribution in [1.82, 2.24) is 10.2 Å².